The summed E-state index contributed by atoms with van der Waals surface area (Å²) in [5.74, 6) is -0.298. The maximum atomic E-state index is 13.8. The van der Waals surface area contributed by atoms with Crippen LogP contribution in [0.2, 0.25) is 0 Å². The van der Waals surface area contributed by atoms with Crippen molar-refractivity contribution in [3.63, 3.8) is 0 Å². The minimum atomic E-state index is -0.288. The topological polar surface area (TPSA) is 67.0 Å². The number of carbonyl (C=O) groups excluding carboxylic acids is 1. The number of nitrogens with zero attached hydrogens (tertiary/aromatic N) is 1. The molecule has 0 radical (unpaired) electrons. The normalized spacial score (nSPS) is 16.3. The van der Waals surface area contributed by atoms with Gasteiger partial charge >= 0.3 is 0 Å². The average molecular weight is 367 g/mol. The predicted molar refractivity (Wildman–Crippen MR) is 101 cm³/mol. The molecule has 2 heterocycles. The number of benzene rings is 2. The van der Waals surface area contributed by atoms with Crippen LogP contribution >= 0.6 is 0 Å². The number of fused-ring (bicyclic) bond motifs is 1. The second-order valence-corrected chi connectivity index (χ2v) is 7.11. The molecule has 140 valence electrons. The lowest BCUT2D eigenvalue weighted by Gasteiger charge is -2.38. The lowest BCUT2D eigenvalue weighted by molar-refractivity contribution is -0.120. The quantitative estimate of drug-likeness (QED) is 0.728. The van der Waals surface area contributed by atoms with Gasteiger partial charge in [-0.1, -0.05) is 18.2 Å². The zero-order valence-electron chi connectivity index (χ0n) is 15.0. The van der Waals surface area contributed by atoms with E-state index in [1.807, 2.05) is 24.3 Å². The van der Waals surface area contributed by atoms with Gasteiger partial charge in [0.2, 0.25) is 5.91 Å². The third-order valence-corrected chi connectivity index (χ3v) is 5.36. The summed E-state index contributed by atoms with van der Waals surface area (Å²) in [4.78, 5) is 19.8. The van der Waals surface area contributed by atoms with Crippen LogP contribution in [0.4, 0.5) is 4.39 Å². The SMILES string of the molecule is O=C(Cc1ccc2nc[nH]c2c1)NCC1(c2cccc(F)c2)CCOCC1. The molecule has 27 heavy (non-hydrogen) atoms. The van der Waals surface area contributed by atoms with E-state index in [1.165, 1.54) is 6.07 Å². The molecule has 0 atom stereocenters. The number of nitrogens with one attached hydrogen (secondary N) is 2. The monoisotopic (exact) mass is 367 g/mol. The lowest BCUT2D eigenvalue weighted by atomic mass is 9.74. The van der Waals surface area contributed by atoms with Crippen molar-refractivity contribution in [1.29, 1.82) is 0 Å². The number of aromatic amines is 1. The molecule has 6 heteroatoms. The second kappa shape index (κ2) is 7.48. The van der Waals surface area contributed by atoms with E-state index in [-0.39, 0.29) is 17.1 Å². The largest absolute Gasteiger partial charge is 0.381 e. The summed E-state index contributed by atoms with van der Waals surface area (Å²) >= 11 is 0. The second-order valence-electron chi connectivity index (χ2n) is 7.11. The number of imidazole rings is 1. The highest BCUT2D eigenvalue weighted by molar-refractivity contribution is 5.81. The number of H-pyrrole nitrogens is 1. The molecule has 0 unspecified atom stereocenters. The fourth-order valence-electron chi connectivity index (χ4n) is 3.76. The number of rotatable bonds is 5. The molecule has 0 bridgehead atoms. The maximum absolute atomic E-state index is 13.8. The summed E-state index contributed by atoms with van der Waals surface area (Å²) < 4.78 is 19.2. The molecule has 5 nitrogen and oxygen atoms in total. The fraction of sp³-hybridized carbons (Fsp3) is 0.333. The third kappa shape index (κ3) is 3.85. The summed E-state index contributed by atoms with van der Waals surface area (Å²) in [5, 5.41) is 3.06. The van der Waals surface area contributed by atoms with Gasteiger partial charge in [-0.15, -0.1) is 0 Å². The summed E-state index contributed by atoms with van der Waals surface area (Å²) in [6.45, 7) is 1.71. The standard InChI is InChI=1S/C21H22FN3O2/c22-17-3-1-2-16(12-17)21(6-8-27-9-7-21)13-23-20(26)11-15-4-5-18-19(10-15)25-14-24-18/h1-5,10,12,14H,6-9,11,13H2,(H,23,26)(H,24,25). The molecule has 1 aliphatic heterocycles. The zero-order valence-corrected chi connectivity index (χ0v) is 15.0. The molecule has 4 rings (SSSR count). The van der Waals surface area contributed by atoms with E-state index in [0.717, 1.165) is 35.0 Å². The van der Waals surface area contributed by atoms with Gasteiger partial charge in [-0.25, -0.2) is 9.37 Å². The number of ether oxygens (including phenoxy) is 1. The first-order chi connectivity index (χ1) is 13.1. The van der Waals surface area contributed by atoms with E-state index in [4.69, 9.17) is 4.74 Å². The Bertz CT molecular complexity index is 947. The number of carbonyl (C=O) groups is 1. The summed E-state index contributed by atoms with van der Waals surface area (Å²) in [5.41, 5.74) is 3.36. The first-order valence-corrected chi connectivity index (χ1v) is 9.17. The Balaban J connectivity index is 1.46. The molecule has 1 fully saturated rings. The van der Waals surface area contributed by atoms with Crippen molar-refractivity contribution in [2.45, 2.75) is 24.7 Å². The first kappa shape index (κ1) is 17.7. The maximum Gasteiger partial charge on any atom is 0.224 e. The number of aromatic nitrogens is 2. The van der Waals surface area contributed by atoms with Crippen LogP contribution in [0.25, 0.3) is 11.0 Å². The van der Waals surface area contributed by atoms with E-state index >= 15 is 0 Å². The Hall–Kier alpha value is -2.73. The van der Waals surface area contributed by atoms with E-state index < -0.39 is 0 Å². The van der Waals surface area contributed by atoms with Crippen LogP contribution in [0.5, 0.6) is 0 Å². The van der Waals surface area contributed by atoms with Gasteiger partial charge in [0.25, 0.3) is 0 Å². The van der Waals surface area contributed by atoms with Gasteiger partial charge in [-0.2, -0.15) is 0 Å². The Kier molecular flexibility index (Phi) is 4.90. The van der Waals surface area contributed by atoms with Crippen LogP contribution in [-0.4, -0.2) is 35.6 Å². The van der Waals surface area contributed by atoms with Crippen molar-refractivity contribution in [3.05, 3.63) is 65.7 Å². The van der Waals surface area contributed by atoms with Crippen LogP contribution in [0.1, 0.15) is 24.0 Å². The van der Waals surface area contributed by atoms with Gasteiger partial charge in [0.05, 0.1) is 23.8 Å². The third-order valence-electron chi connectivity index (χ3n) is 5.36. The highest BCUT2D eigenvalue weighted by Crippen LogP contribution is 2.34. The molecule has 1 aliphatic rings. The van der Waals surface area contributed by atoms with Gasteiger partial charge in [-0.05, 0) is 48.2 Å². The van der Waals surface area contributed by atoms with Crippen molar-refractivity contribution in [3.8, 4) is 0 Å². The molecule has 0 saturated carbocycles. The van der Waals surface area contributed by atoms with E-state index in [2.05, 4.69) is 15.3 Å². The Morgan fingerprint density at radius 2 is 2.07 bits per heavy atom. The van der Waals surface area contributed by atoms with Crippen LogP contribution < -0.4 is 5.32 Å². The number of hydrogen-bond donors (Lipinski definition) is 2. The van der Waals surface area contributed by atoms with Gasteiger partial charge in [0.15, 0.2) is 0 Å². The van der Waals surface area contributed by atoms with Gasteiger partial charge in [0.1, 0.15) is 5.82 Å². The zero-order chi connectivity index (χ0) is 18.7. The minimum Gasteiger partial charge on any atom is -0.381 e. The van der Waals surface area contributed by atoms with Crippen LogP contribution in [0, 0.1) is 5.82 Å². The van der Waals surface area contributed by atoms with Gasteiger partial charge in [0, 0.05) is 25.2 Å². The molecule has 1 aromatic heterocycles. The van der Waals surface area contributed by atoms with Crippen molar-refractivity contribution in [2.24, 2.45) is 0 Å². The van der Waals surface area contributed by atoms with E-state index in [0.29, 0.717) is 26.2 Å². The molecule has 0 spiro atoms. The number of halogens is 1. The van der Waals surface area contributed by atoms with Crippen molar-refractivity contribution >= 4 is 16.9 Å². The van der Waals surface area contributed by atoms with Crippen LogP contribution in [-0.2, 0) is 21.4 Å². The number of hydrogen-bond acceptors (Lipinski definition) is 3. The highest BCUT2D eigenvalue weighted by Gasteiger charge is 2.35. The Morgan fingerprint density at radius 3 is 2.89 bits per heavy atom. The lowest BCUT2D eigenvalue weighted by Crippen LogP contribution is -2.45. The summed E-state index contributed by atoms with van der Waals surface area (Å²) in [6, 6.07) is 12.4. The molecule has 2 aromatic carbocycles. The molecule has 0 aliphatic carbocycles. The molecule has 1 saturated heterocycles. The van der Waals surface area contributed by atoms with E-state index in [1.54, 1.807) is 18.5 Å². The average Bonchev–Trinajstić information content (AvgIpc) is 3.15. The van der Waals surface area contributed by atoms with Crippen molar-refractivity contribution in [2.75, 3.05) is 19.8 Å². The van der Waals surface area contributed by atoms with E-state index in [9.17, 15) is 9.18 Å². The van der Waals surface area contributed by atoms with Gasteiger partial charge < -0.3 is 15.0 Å². The molecular weight excluding hydrogens is 345 g/mol. The summed E-state index contributed by atoms with van der Waals surface area (Å²) in [7, 11) is 0. The minimum absolute atomic E-state index is 0.0452. The van der Waals surface area contributed by atoms with Crippen LogP contribution in [0.15, 0.2) is 48.8 Å². The van der Waals surface area contributed by atoms with Gasteiger partial charge in [-0.3, -0.25) is 4.79 Å². The Morgan fingerprint density at radius 1 is 1.22 bits per heavy atom. The smallest absolute Gasteiger partial charge is 0.224 e. The van der Waals surface area contributed by atoms with Crippen molar-refractivity contribution < 1.29 is 13.9 Å². The molecule has 1 amide bonds. The number of amides is 1. The van der Waals surface area contributed by atoms with Crippen LogP contribution in [0.3, 0.4) is 0 Å². The Labute approximate surface area is 157 Å². The summed E-state index contributed by atoms with van der Waals surface area (Å²) in [6.07, 6.45) is 3.46. The first-order valence-electron chi connectivity index (χ1n) is 9.17. The molecule has 2 N–H and O–H groups in total. The van der Waals surface area contributed by atoms with Crippen molar-refractivity contribution in [1.82, 2.24) is 15.3 Å². The fourth-order valence-corrected chi connectivity index (χ4v) is 3.76. The molecule has 3 aromatic rings. The predicted octanol–water partition coefficient (Wildman–Crippen LogP) is 3.11. The highest BCUT2D eigenvalue weighted by atomic mass is 19.1. The molecular formula is C21H22FN3O2.